The molecule has 2 aromatic carbocycles. The Labute approximate surface area is 256 Å². The van der Waals surface area contributed by atoms with Gasteiger partial charge in [-0.1, -0.05) is 23.7 Å². The zero-order valence-corrected chi connectivity index (χ0v) is 24.5. The van der Waals surface area contributed by atoms with Gasteiger partial charge in [0.25, 0.3) is 0 Å². The summed E-state index contributed by atoms with van der Waals surface area (Å²) in [4.78, 5) is 57.9. The molecule has 0 spiro atoms. The summed E-state index contributed by atoms with van der Waals surface area (Å²) in [6.07, 6.45) is -0.351. The van der Waals surface area contributed by atoms with E-state index in [2.05, 4.69) is 15.6 Å². The van der Waals surface area contributed by atoms with Crippen LogP contribution in [0, 0.1) is 11.6 Å². The highest BCUT2D eigenvalue weighted by Gasteiger charge is 2.27. The number of carboxylic acid groups (broad SMARTS) is 1. The Hall–Kier alpha value is -4.72. The number of nitrogens with zero attached hydrogens (tertiary/aromatic N) is 4. The summed E-state index contributed by atoms with van der Waals surface area (Å²) in [7, 11) is 1.46. The molecule has 1 aliphatic rings. The van der Waals surface area contributed by atoms with E-state index in [4.69, 9.17) is 21.4 Å². The van der Waals surface area contributed by atoms with Crippen LogP contribution in [0.15, 0.2) is 48.7 Å². The minimum absolute atomic E-state index is 0.00610. The Balaban J connectivity index is 1.38. The maximum absolute atomic E-state index is 13.8. The summed E-state index contributed by atoms with van der Waals surface area (Å²) in [6, 6.07) is 8.52. The molecule has 1 fully saturated rings. The molecule has 44 heavy (non-hydrogen) atoms. The average molecular weight is 633 g/mol. The van der Waals surface area contributed by atoms with Crippen molar-refractivity contribution in [1.82, 2.24) is 25.0 Å². The highest BCUT2D eigenvalue weighted by Crippen LogP contribution is 2.20. The third-order valence-electron chi connectivity index (χ3n) is 7.24. The predicted octanol–water partition coefficient (Wildman–Crippen LogP) is 4.53. The van der Waals surface area contributed by atoms with Crippen molar-refractivity contribution in [2.24, 2.45) is 0 Å². The zero-order valence-electron chi connectivity index (χ0n) is 23.8. The molecule has 5 amide bonds. The number of aromatic nitrogens is 1. The van der Waals surface area contributed by atoms with E-state index in [1.807, 2.05) is 0 Å². The van der Waals surface area contributed by atoms with E-state index in [9.17, 15) is 28.0 Å². The van der Waals surface area contributed by atoms with Gasteiger partial charge in [-0.3, -0.25) is 10.1 Å². The second kappa shape index (κ2) is 14.6. The van der Waals surface area contributed by atoms with Crippen LogP contribution in [0.3, 0.4) is 0 Å². The number of benzene rings is 2. The number of nitrogens with one attached hydrogen (secondary N) is 2. The molecule has 3 aromatic rings. The number of amides is 5. The first-order valence-corrected chi connectivity index (χ1v) is 14.1. The van der Waals surface area contributed by atoms with Gasteiger partial charge >= 0.3 is 18.2 Å². The second-order valence-corrected chi connectivity index (χ2v) is 10.5. The van der Waals surface area contributed by atoms with Crippen molar-refractivity contribution in [1.29, 1.82) is 0 Å². The molecule has 0 bridgehead atoms. The monoisotopic (exact) mass is 632 g/mol. The molecule has 0 unspecified atom stereocenters. The third-order valence-corrected chi connectivity index (χ3v) is 7.67. The first-order valence-electron chi connectivity index (χ1n) is 13.7. The van der Waals surface area contributed by atoms with Crippen LogP contribution in [0.25, 0.3) is 10.8 Å². The maximum atomic E-state index is 13.8. The minimum atomic E-state index is -1.05. The van der Waals surface area contributed by atoms with Crippen LogP contribution >= 0.6 is 11.6 Å². The van der Waals surface area contributed by atoms with Crippen LogP contribution in [0.1, 0.15) is 18.4 Å². The van der Waals surface area contributed by atoms with E-state index in [0.717, 1.165) is 0 Å². The van der Waals surface area contributed by atoms with Gasteiger partial charge in [-0.25, -0.2) is 28.1 Å². The lowest BCUT2D eigenvalue weighted by Crippen LogP contribution is -2.50. The zero-order chi connectivity index (χ0) is 31.8. The first-order chi connectivity index (χ1) is 21.0. The summed E-state index contributed by atoms with van der Waals surface area (Å²) < 4.78 is 32.8. The predicted molar refractivity (Wildman–Crippen MR) is 157 cm³/mol. The number of hydrogen-bond donors (Lipinski definition) is 3. The van der Waals surface area contributed by atoms with Crippen molar-refractivity contribution in [3.63, 3.8) is 0 Å². The Morgan fingerprint density at radius 2 is 1.80 bits per heavy atom. The number of carbonyl (C=O) groups is 4. The normalized spacial score (nSPS) is 13.7. The number of pyridine rings is 1. The van der Waals surface area contributed by atoms with Crippen LogP contribution < -0.4 is 10.6 Å². The molecule has 4 rings (SSSR count). The minimum Gasteiger partial charge on any atom is -0.465 e. The first kappa shape index (κ1) is 32.2. The lowest BCUT2D eigenvalue weighted by molar-refractivity contribution is -0.133. The Bertz CT molecular complexity index is 1540. The van der Waals surface area contributed by atoms with Crippen molar-refractivity contribution in [2.45, 2.75) is 25.4 Å². The molecule has 0 aliphatic carbocycles. The number of rotatable bonds is 9. The number of hydrogen-bond acceptors (Lipinski definition) is 6. The van der Waals surface area contributed by atoms with Gasteiger partial charge in [-0.2, -0.15) is 0 Å². The fourth-order valence-electron chi connectivity index (χ4n) is 4.62. The van der Waals surface area contributed by atoms with E-state index < -0.39 is 35.9 Å². The molecular weight excluding hydrogens is 602 g/mol. The van der Waals surface area contributed by atoms with Crippen LogP contribution in [-0.4, -0.2) is 94.8 Å². The van der Waals surface area contributed by atoms with E-state index in [0.29, 0.717) is 16.3 Å². The van der Waals surface area contributed by atoms with Crippen molar-refractivity contribution in [2.75, 3.05) is 45.2 Å². The molecule has 15 heteroatoms. The SMILES string of the molecule is CN(C(=O)NCc1cccc(F)c1Cl)[C@@H](CCC(=O)N1CCN(C(=O)O)CC1)COC(=O)Nc1cc2cc(F)ccc2cn1. The smallest absolute Gasteiger partial charge is 0.412 e. The van der Waals surface area contributed by atoms with Crippen molar-refractivity contribution < 1.29 is 37.8 Å². The molecule has 0 radical (unpaired) electrons. The number of halogens is 3. The van der Waals surface area contributed by atoms with Gasteiger partial charge in [0, 0.05) is 57.8 Å². The Morgan fingerprint density at radius 3 is 2.52 bits per heavy atom. The maximum Gasteiger partial charge on any atom is 0.412 e. The van der Waals surface area contributed by atoms with Gasteiger partial charge in [0.2, 0.25) is 5.91 Å². The van der Waals surface area contributed by atoms with Gasteiger partial charge < -0.3 is 29.9 Å². The van der Waals surface area contributed by atoms with Crippen molar-refractivity contribution in [3.8, 4) is 0 Å². The quantitative estimate of drug-likeness (QED) is 0.314. The van der Waals surface area contributed by atoms with Crippen molar-refractivity contribution in [3.05, 3.63) is 70.9 Å². The molecular formula is C29H31ClF2N6O6. The number of likely N-dealkylation sites (N-methyl/N-ethyl adjacent to an activating group) is 1. The summed E-state index contributed by atoms with van der Waals surface area (Å²) in [6.45, 7) is 0.486. The highest BCUT2D eigenvalue weighted by atomic mass is 35.5. The Morgan fingerprint density at radius 1 is 1.07 bits per heavy atom. The molecule has 234 valence electrons. The van der Waals surface area contributed by atoms with Gasteiger partial charge in [-0.05, 0) is 47.7 Å². The van der Waals surface area contributed by atoms with Crippen molar-refractivity contribution >= 4 is 52.3 Å². The second-order valence-electron chi connectivity index (χ2n) is 10.1. The fraction of sp³-hybridized carbons (Fsp3) is 0.345. The number of urea groups is 1. The number of carbonyl (C=O) groups excluding carboxylic acids is 3. The topological polar surface area (TPSA) is 144 Å². The lowest BCUT2D eigenvalue weighted by atomic mass is 10.1. The van der Waals surface area contributed by atoms with E-state index >= 15 is 0 Å². The molecule has 2 heterocycles. The Kier molecular flexibility index (Phi) is 10.7. The van der Waals surface area contributed by atoms with Crippen LogP contribution in [0.4, 0.5) is 29.0 Å². The van der Waals surface area contributed by atoms with Crippen LogP contribution in [-0.2, 0) is 16.1 Å². The molecule has 12 nitrogen and oxygen atoms in total. The van der Waals surface area contributed by atoms with Gasteiger partial charge in [0.15, 0.2) is 0 Å². The van der Waals surface area contributed by atoms with E-state index in [1.165, 1.54) is 53.4 Å². The molecule has 1 aliphatic heterocycles. The molecule has 1 aromatic heterocycles. The molecule has 3 N–H and O–H groups in total. The number of fused-ring (bicyclic) bond motifs is 1. The average Bonchev–Trinajstić information content (AvgIpc) is 3.01. The van der Waals surface area contributed by atoms with Crippen LogP contribution in [0.2, 0.25) is 5.02 Å². The van der Waals surface area contributed by atoms with Crippen LogP contribution in [0.5, 0.6) is 0 Å². The molecule has 0 saturated carbocycles. The number of anilines is 1. The largest absolute Gasteiger partial charge is 0.465 e. The van der Waals surface area contributed by atoms with Gasteiger partial charge in [-0.15, -0.1) is 0 Å². The van der Waals surface area contributed by atoms with Gasteiger partial charge in [0.05, 0.1) is 11.1 Å². The summed E-state index contributed by atoms with van der Waals surface area (Å²) in [5.74, 6) is -1.19. The summed E-state index contributed by atoms with van der Waals surface area (Å²) in [5, 5.41) is 15.3. The van der Waals surface area contributed by atoms with Gasteiger partial charge in [0.1, 0.15) is 24.1 Å². The summed E-state index contributed by atoms with van der Waals surface area (Å²) >= 11 is 5.99. The van der Waals surface area contributed by atoms with E-state index in [-0.39, 0.29) is 68.9 Å². The molecule has 1 saturated heterocycles. The number of ether oxygens (including phenoxy) is 1. The highest BCUT2D eigenvalue weighted by molar-refractivity contribution is 6.31. The standard InChI is InChI=1S/C29H31ClF2N6O6/c1-36(27(40)34-16-19-3-2-4-23(32)26(19)30)22(7-8-25(39)37-9-11-38(12-10-37)29(42)43)17-44-28(41)35-24-14-20-13-21(31)6-5-18(20)15-33-24/h2-6,13-15,22H,7-12,16-17H2,1H3,(H,34,40)(H,42,43)(H,33,35,41)/t22-/m0/s1. The summed E-state index contributed by atoms with van der Waals surface area (Å²) in [5.41, 5.74) is 0.360. The molecule has 1 atom stereocenters. The van der Waals surface area contributed by atoms with E-state index in [1.54, 1.807) is 17.0 Å². The third kappa shape index (κ3) is 8.43. The fourth-order valence-corrected chi connectivity index (χ4v) is 4.82. The lowest BCUT2D eigenvalue weighted by Gasteiger charge is -2.34. The number of piperazine rings is 1.